The van der Waals surface area contributed by atoms with Crippen LogP contribution >= 0.6 is 23.2 Å². The first-order valence-electron chi connectivity index (χ1n) is 9.78. The standard InChI is InChI=1S/C19H21Cl2N7O3/c1-10(2)14(19(29)28-5-7-30-8-6-28)23-16-15(24-17-18(25-16)27-31-26-17)22-11-3-4-12(20)13(21)9-11/h3-4,9-10,14H,5-8H2,1-2H3,(H,22,24,26)(H,23,25,27). The van der Waals surface area contributed by atoms with E-state index in [0.29, 0.717) is 53.7 Å². The van der Waals surface area contributed by atoms with E-state index in [2.05, 4.69) is 30.9 Å². The lowest BCUT2D eigenvalue weighted by molar-refractivity contribution is -0.137. The highest BCUT2D eigenvalue weighted by Crippen LogP contribution is 2.30. The number of rotatable bonds is 6. The molecule has 10 nitrogen and oxygen atoms in total. The van der Waals surface area contributed by atoms with Crippen molar-refractivity contribution in [3.8, 4) is 0 Å². The average molecular weight is 466 g/mol. The molecule has 1 aliphatic heterocycles. The second-order valence-corrected chi connectivity index (χ2v) is 8.20. The molecule has 0 radical (unpaired) electrons. The molecule has 4 rings (SSSR count). The lowest BCUT2D eigenvalue weighted by Crippen LogP contribution is -2.50. The molecular formula is C19H21Cl2N7O3. The van der Waals surface area contributed by atoms with Crippen LogP contribution in [0, 0.1) is 5.92 Å². The fourth-order valence-corrected chi connectivity index (χ4v) is 3.48. The largest absolute Gasteiger partial charge is 0.378 e. The third kappa shape index (κ3) is 4.81. The number of fused-ring (bicyclic) bond motifs is 1. The molecule has 1 aromatic carbocycles. The molecule has 0 spiro atoms. The van der Waals surface area contributed by atoms with E-state index < -0.39 is 6.04 Å². The summed E-state index contributed by atoms with van der Waals surface area (Å²) in [6, 6.07) is 4.56. The molecule has 12 heteroatoms. The molecule has 1 unspecified atom stereocenters. The van der Waals surface area contributed by atoms with Gasteiger partial charge in [0.1, 0.15) is 6.04 Å². The van der Waals surface area contributed by atoms with E-state index in [4.69, 9.17) is 32.6 Å². The number of anilines is 3. The van der Waals surface area contributed by atoms with Crippen molar-refractivity contribution in [2.45, 2.75) is 19.9 Å². The van der Waals surface area contributed by atoms with Gasteiger partial charge < -0.3 is 20.3 Å². The molecule has 0 saturated carbocycles. The monoisotopic (exact) mass is 465 g/mol. The van der Waals surface area contributed by atoms with Gasteiger partial charge in [-0.15, -0.1) is 0 Å². The highest BCUT2D eigenvalue weighted by Gasteiger charge is 2.30. The second-order valence-electron chi connectivity index (χ2n) is 7.39. The second kappa shape index (κ2) is 9.21. The fraction of sp³-hybridized carbons (Fsp3) is 0.421. The summed E-state index contributed by atoms with van der Waals surface area (Å²) in [7, 11) is 0. The molecule has 0 aliphatic carbocycles. The van der Waals surface area contributed by atoms with Gasteiger partial charge in [0.25, 0.3) is 0 Å². The quantitative estimate of drug-likeness (QED) is 0.564. The van der Waals surface area contributed by atoms with Crippen LogP contribution in [0.25, 0.3) is 11.3 Å². The van der Waals surface area contributed by atoms with Crippen LogP contribution in [-0.4, -0.2) is 63.4 Å². The predicted molar refractivity (Wildman–Crippen MR) is 117 cm³/mol. The van der Waals surface area contributed by atoms with Crippen molar-refractivity contribution in [1.82, 2.24) is 25.2 Å². The molecular weight excluding hydrogens is 445 g/mol. The van der Waals surface area contributed by atoms with Crippen LogP contribution in [0.15, 0.2) is 22.8 Å². The van der Waals surface area contributed by atoms with E-state index in [1.54, 1.807) is 23.1 Å². The highest BCUT2D eigenvalue weighted by molar-refractivity contribution is 6.42. The third-order valence-corrected chi connectivity index (χ3v) is 5.58. The first-order chi connectivity index (χ1) is 14.9. The average Bonchev–Trinajstić information content (AvgIpc) is 3.21. The van der Waals surface area contributed by atoms with E-state index in [-0.39, 0.29) is 23.1 Å². The minimum atomic E-state index is -0.529. The maximum absolute atomic E-state index is 13.2. The van der Waals surface area contributed by atoms with E-state index in [0.717, 1.165) is 0 Å². The van der Waals surface area contributed by atoms with Gasteiger partial charge in [0.2, 0.25) is 17.2 Å². The van der Waals surface area contributed by atoms with Crippen LogP contribution in [-0.2, 0) is 9.53 Å². The lowest BCUT2D eigenvalue weighted by Gasteiger charge is -2.32. The minimum absolute atomic E-state index is 0.0129. The normalized spacial score (nSPS) is 15.3. The highest BCUT2D eigenvalue weighted by atomic mass is 35.5. The maximum Gasteiger partial charge on any atom is 0.245 e. The summed E-state index contributed by atoms with van der Waals surface area (Å²) in [5.41, 5.74) is 1.10. The summed E-state index contributed by atoms with van der Waals surface area (Å²) in [4.78, 5) is 23.9. The lowest BCUT2D eigenvalue weighted by atomic mass is 10.0. The summed E-state index contributed by atoms with van der Waals surface area (Å²) >= 11 is 12.1. The molecule has 0 bridgehead atoms. The van der Waals surface area contributed by atoms with Crippen molar-refractivity contribution in [1.29, 1.82) is 0 Å². The number of morpholine rings is 1. The Balaban J connectivity index is 1.66. The number of benzene rings is 1. The molecule has 1 aliphatic rings. The number of ether oxygens (including phenoxy) is 1. The van der Waals surface area contributed by atoms with Crippen molar-refractivity contribution in [2.24, 2.45) is 5.92 Å². The summed E-state index contributed by atoms with van der Waals surface area (Å²) in [6.45, 7) is 6.08. The number of nitrogens with zero attached hydrogens (tertiary/aromatic N) is 5. The summed E-state index contributed by atoms with van der Waals surface area (Å²) in [6.07, 6.45) is 0. The van der Waals surface area contributed by atoms with Crippen molar-refractivity contribution in [2.75, 3.05) is 36.9 Å². The fourth-order valence-electron chi connectivity index (χ4n) is 3.18. The SMILES string of the molecule is CC(C)C(Nc1nc2nonc2nc1Nc1ccc(Cl)c(Cl)c1)C(=O)N1CCOCC1. The first kappa shape index (κ1) is 21.5. The number of hydrogen-bond acceptors (Lipinski definition) is 9. The van der Waals surface area contributed by atoms with Crippen LogP contribution in [0.3, 0.4) is 0 Å². The number of halogens is 2. The molecule has 1 fully saturated rings. The number of nitrogens with one attached hydrogen (secondary N) is 2. The van der Waals surface area contributed by atoms with Gasteiger partial charge in [-0.1, -0.05) is 37.0 Å². The van der Waals surface area contributed by atoms with Gasteiger partial charge in [-0.05, 0) is 34.4 Å². The third-order valence-electron chi connectivity index (χ3n) is 4.84. The van der Waals surface area contributed by atoms with E-state index in [1.807, 2.05) is 13.8 Å². The topological polar surface area (TPSA) is 118 Å². The Labute approximate surface area is 188 Å². The number of carbonyl (C=O) groups excluding carboxylic acids is 1. The summed E-state index contributed by atoms with van der Waals surface area (Å²) in [5.74, 6) is 0.650. The number of carbonyl (C=O) groups is 1. The van der Waals surface area contributed by atoms with Gasteiger partial charge in [-0.25, -0.2) is 14.6 Å². The van der Waals surface area contributed by atoms with Gasteiger partial charge in [0.05, 0.1) is 23.3 Å². The van der Waals surface area contributed by atoms with Gasteiger partial charge >= 0.3 is 0 Å². The number of amides is 1. The Morgan fingerprint density at radius 2 is 1.74 bits per heavy atom. The van der Waals surface area contributed by atoms with Crippen LogP contribution in [0.5, 0.6) is 0 Å². The molecule has 3 heterocycles. The Bertz CT molecular complexity index is 1090. The van der Waals surface area contributed by atoms with Gasteiger partial charge in [-0.2, -0.15) is 0 Å². The van der Waals surface area contributed by atoms with Crippen molar-refractivity contribution >= 4 is 57.7 Å². The molecule has 1 saturated heterocycles. The molecule has 2 N–H and O–H groups in total. The van der Waals surface area contributed by atoms with Gasteiger partial charge in [0.15, 0.2) is 11.6 Å². The minimum Gasteiger partial charge on any atom is -0.378 e. The van der Waals surface area contributed by atoms with E-state index >= 15 is 0 Å². The zero-order chi connectivity index (χ0) is 22.0. The van der Waals surface area contributed by atoms with Crippen LogP contribution in [0.2, 0.25) is 10.0 Å². The Morgan fingerprint density at radius 1 is 1.06 bits per heavy atom. The van der Waals surface area contributed by atoms with Crippen molar-refractivity contribution in [3.05, 3.63) is 28.2 Å². The Morgan fingerprint density at radius 3 is 2.39 bits per heavy atom. The number of hydrogen-bond donors (Lipinski definition) is 2. The van der Waals surface area contributed by atoms with Gasteiger partial charge in [0, 0.05) is 18.8 Å². The molecule has 1 atom stereocenters. The van der Waals surface area contributed by atoms with Crippen molar-refractivity contribution in [3.63, 3.8) is 0 Å². The predicted octanol–water partition coefficient (Wildman–Crippen LogP) is 3.36. The van der Waals surface area contributed by atoms with Crippen LogP contribution in [0.4, 0.5) is 17.3 Å². The molecule has 2 aromatic heterocycles. The number of aromatic nitrogens is 4. The van der Waals surface area contributed by atoms with Gasteiger partial charge in [-0.3, -0.25) is 4.79 Å². The zero-order valence-electron chi connectivity index (χ0n) is 16.9. The molecule has 1 amide bonds. The summed E-state index contributed by atoms with van der Waals surface area (Å²) in [5, 5.41) is 14.7. The maximum atomic E-state index is 13.2. The molecule has 3 aromatic rings. The smallest absolute Gasteiger partial charge is 0.245 e. The van der Waals surface area contributed by atoms with E-state index in [1.165, 1.54) is 0 Å². The summed E-state index contributed by atoms with van der Waals surface area (Å²) < 4.78 is 10.1. The zero-order valence-corrected chi connectivity index (χ0v) is 18.4. The van der Waals surface area contributed by atoms with E-state index in [9.17, 15) is 4.79 Å². The molecule has 31 heavy (non-hydrogen) atoms. The van der Waals surface area contributed by atoms with Crippen LogP contribution in [0.1, 0.15) is 13.8 Å². The first-order valence-corrected chi connectivity index (χ1v) is 10.5. The van der Waals surface area contributed by atoms with Crippen LogP contribution < -0.4 is 10.6 Å². The Kier molecular flexibility index (Phi) is 6.40. The Hall–Kier alpha value is -2.69. The molecule has 164 valence electrons. The van der Waals surface area contributed by atoms with Crippen molar-refractivity contribution < 1.29 is 14.2 Å².